The number of carbonyl (C=O) groups excluding carboxylic acids is 1. The summed E-state index contributed by atoms with van der Waals surface area (Å²) in [4.78, 5) is 12.0. The standard InChI is InChI=1S/C16H24N2O2/c1-3-15(12-6-8-13(20-2)9-7-12)18-16(19)10-14(17)11-4-5-11/h6-9,11,14-15H,3-5,10,17H2,1-2H3,(H,18,19). The van der Waals surface area contributed by atoms with Crippen molar-refractivity contribution in [3.8, 4) is 5.75 Å². The second-order valence-corrected chi connectivity index (χ2v) is 5.51. The van der Waals surface area contributed by atoms with E-state index in [9.17, 15) is 4.79 Å². The van der Waals surface area contributed by atoms with Crippen LogP contribution in [0.1, 0.15) is 44.2 Å². The highest BCUT2D eigenvalue weighted by molar-refractivity contribution is 5.77. The first-order chi connectivity index (χ1) is 9.63. The van der Waals surface area contributed by atoms with Gasteiger partial charge < -0.3 is 15.8 Å². The Morgan fingerprint density at radius 1 is 1.40 bits per heavy atom. The average molecular weight is 276 g/mol. The quantitative estimate of drug-likeness (QED) is 0.803. The summed E-state index contributed by atoms with van der Waals surface area (Å²) in [5.41, 5.74) is 7.10. The van der Waals surface area contributed by atoms with E-state index in [4.69, 9.17) is 10.5 Å². The molecule has 1 aromatic rings. The van der Waals surface area contributed by atoms with Gasteiger partial charge in [-0.25, -0.2) is 0 Å². The number of rotatable bonds is 7. The van der Waals surface area contributed by atoms with Gasteiger partial charge in [-0.15, -0.1) is 0 Å². The lowest BCUT2D eigenvalue weighted by Crippen LogP contribution is -2.34. The molecule has 2 unspecified atom stereocenters. The van der Waals surface area contributed by atoms with Crippen molar-refractivity contribution in [2.45, 2.75) is 44.7 Å². The molecular weight excluding hydrogens is 252 g/mol. The van der Waals surface area contributed by atoms with Crippen molar-refractivity contribution in [3.63, 3.8) is 0 Å². The molecule has 0 saturated heterocycles. The zero-order chi connectivity index (χ0) is 14.5. The third kappa shape index (κ3) is 3.97. The summed E-state index contributed by atoms with van der Waals surface area (Å²) in [5.74, 6) is 1.43. The maximum atomic E-state index is 12.0. The van der Waals surface area contributed by atoms with Crippen LogP contribution >= 0.6 is 0 Å². The summed E-state index contributed by atoms with van der Waals surface area (Å²) in [6, 6.07) is 7.88. The average Bonchev–Trinajstić information content (AvgIpc) is 3.29. The fraction of sp³-hybridized carbons (Fsp3) is 0.562. The lowest BCUT2D eigenvalue weighted by molar-refractivity contribution is -0.122. The van der Waals surface area contributed by atoms with Gasteiger partial charge in [-0.2, -0.15) is 0 Å². The first-order valence-electron chi connectivity index (χ1n) is 7.33. The molecule has 4 heteroatoms. The molecule has 2 atom stereocenters. The van der Waals surface area contributed by atoms with Crippen LogP contribution < -0.4 is 15.8 Å². The minimum Gasteiger partial charge on any atom is -0.497 e. The lowest BCUT2D eigenvalue weighted by atomic mass is 10.0. The zero-order valence-corrected chi connectivity index (χ0v) is 12.3. The van der Waals surface area contributed by atoms with Crippen molar-refractivity contribution in [2.24, 2.45) is 11.7 Å². The highest BCUT2D eigenvalue weighted by Crippen LogP contribution is 2.32. The van der Waals surface area contributed by atoms with Crippen LogP contribution in [0.3, 0.4) is 0 Å². The fourth-order valence-electron chi connectivity index (χ4n) is 2.42. The summed E-state index contributed by atoms with van der Waals surface area (Å²) in [5, 5.41) is 3.07. The number of amides is 1. The van der Waals surface area contributed by atoms with Crippen LogP contribution in [0, 0.1) is 5.92 Å². The number of carbonyl (C=O) groups is 1. The van der Waals surface area contributed by atoms with Gasteiger partial charge >= 0.3 is 0 Å². The molecule has 1 fully saturated rings. The zero-order valence-electron chi connectivity index (χ0n) is 12.3. The van der Waals surface area contributed by atoms with Gasteiger partial charge in [0.2, 0.25) is 5.91 Å². The van der Waals surface area contributed by atoms with Gasteiger partial charge in [0.15, 0.2) is 0 Å². The molecule has 1 saturated carbocycles. The number of methoxy groups -OCH3 is 1. The summed E-state index contributed by atoms with van der Waals surface area (Å²) in [7, 11) is 1.65. The highest BCUT2D eigenvalue weighted by atomic mass is 16.5. The first kappa shape index (κ1) is 14.9. The van der Waals surface area contributed by atoms with Gasteiger partial charge in [0.25, 0.3) is 0 Å². The molecule has 1 amide bonds. The highest BCUT2D eigenvalue weighted by Gasteiger charge is 2.30. The number of hydrogen-bond acceptors (Lipinski definition) is 3. The number of nitrogens with one attached hydrogen (secondary N) is 1. The van der Waals surface area contributed by atoms with Crippen molar-refractivity contribution in [1.82, 2.24) is 5.32 Å². The lowest BCUT2D eigenvalue weighted by Gasteiger charge is -2.19. The minimum absolute atomic E-state index is 0.0170. The minimum atomic E-state index is 0.0170. The molecule has 1 aliphatic rings. The third-order valence-corrected chi connectivity index (χ3v) is 3.91. The van der Waals surface area contributed by atoms with E-state index >= 15 is 0 Å². The van der Waals surface area contributed by atoms with E-state index < -0.39 is 0 Å². The molecule has 2 rings (SSSR count). The van der Waals surface area contributed by atoms with E-state index in [0.717, 1.165) is 17.7 Å². The molecule has 110 valence electrons. The van der Waals surface area contributed by atoms with Crippen molar-refractivity contribution in [3.05, 3.63) is 29.8 Å². The second-order valence-electron chi connectivity index (χ2n) is 5.51. The molecule has 0 spiro atoms. The summed E-state index contributed by atoms with van der Waals surface area (Å²) >= 11 is 0. The smallest absolute Gasteiger partial charge is 0.222 e. The Morgan fingerprint density at radius 2 is 2.05 bits per heavy atom. The van der Waals surface area contributed by atoms with Gasteiger partial charge in [-0.05, 0) is 42.9 Å². The molecule has 0 bridgehead atoms. The Kier molecular flexibility index (Phi) is 5.01. The van der Waals surface area contributed by atoms with Crippen molar-refractivity contribution in [1.29, 1.82) is 0 Å². The Bertz CT molecular complexity index is 440. The monoisotopic (exact) mass is 276 g/mol. The number of ether oxygens (including phenoxy) is 1. The largest absolute Gasteiger partial charge is 0.497 e. The maximum Gasteiger partial charge on any atom is 0.222 e. The second kappa shape index (κ2) is 6.75. The number of benzene rings is 1. The van der Waals surface area contributed by atoms with Crippen LogP contribution in [-0.4, -0.2) is 19.1 Å². The van der Waals surface area contributed by atoms with Crippen molar-refractivity contribution in [2.75, 3.05) is 7.11 Å². The molecule has 0 radical (unpaired) electrons. The normalized spacial score (nSPS) is 17.4. The number of hydrogen-bond donors (Lipinski definition) is 2. The van der Waals surface area contributed by atoms with E-state index in [-0.39, 0.29) is 18.0 Å². The molecule has 1 aliphatic carbocycles. The molecule has 0 heterocycles. The van der Waals surface area contributed by atoms with Crippen LogP contribution in [0.2, 0.25) is 0 Å². The summed E-state index contributed by atoms with van der Waals surface area (Å²) in [6.45, 7) is 2.07. The van der Waals surface area contributed by atoms with E-state index in [1.807, 2.05) is 24.3 Å². The maximum absolute atomic E-state index is 12.0. The molecule has 0 aliphatic heterocycles. The van der Waals surface area contributed by atoms with E-state index in [2.05, 4.69) is 12.2 Å². The van der Waals surface area contributed by atoms with Gasteiger partial charge in [-0.3, -0.25) is 4.79 Å². The Hall–Kier alpha value is -1.55. The predicted octanol–water partition coefficient (Wildman–Crippen LogP) is 2.39. The van der Waals surface area contributed by atoms with Crippen LogP contribution in [0.15, 0.2) is 24.3 Å². The van der Waals surface area contributed by atoms with Gasteiger partial charge in [0.05, 0.1) is 13.2 Å². The van der Waals surface area contributed by atoms with Crippen LogP contribution in [0.5, 0.6) is 5.75 Å². The molecular formula is C16H24N2O2. The molecule has 20 heavy (non-hydrogen) atoms. The number of nitrogens with two attached hydrogens (primary N) is 1. The van der Waals surface area contributed by atoms with E-state index in [1.165, 1.54) is 12.8 Å². The van der Waals surface area contributed by atoms with Crippen LogP contribution in [0.25, 0.3) is 0 Å². The van der Waals surface area contributed by atoms with E-state index in [1.54, 1.807) is 7.11 Å². The van der Waals surface area contributed by atoms with Gasteiger partial charge in [-0.1, -0.05) is 19.1 Å². The molecule has 4 nitrogen and oxygen atoms in total. The first-order valence-corrected chi connectivity index (χ1v) is 7.33. The Labute approximate surface area is 120 Å². The topological polar surface area (TPSA) is 64.4 Å². The Balaban J connectivity index is 1.91. The SMILES string of the molecule is CCC(NC(=O)CC(N)C1CC1)c1ccc(OC)cc1. The van der Waals surface area contributed by atoms with Crippen molar-refractivity contribution < 1.29 is 9.53 Å². The van der Waals surface area contributed by atoms with Crippen LogP contribution in [-0.2, 0) is 4.79 Å². The summed E-state index contributed by atoms with van der Waals surface area (Å²) in [6.07, 6.45) is 3.63. The van der Waals surface area contributed by atoms with Gasteiger partial charge in [0.1, 0.15) is 5.75 Å². The fourth-order valence-corrected chi connectivity index (χ4v) is 2.42. The molecule has 3 N–H and O–H groups in total. The molecule has 0 aromatic heterocycles. The van der Waals surface area contributed by atoms with Crippen LogP contribution in [0.4, 0.5) is 0 Å². The van der Waals surface area contributed by atoms with Crippen molar-refractivity contribution >= 4 is 5.91 Å². The van der Waals surface area contributed by atoms with Gasteiger partial charge in [0, 0.05) is 12.5 Å². The third-order valence-electron chi connectivity index (χ3n) is 3.91. The molecule has 1 aromatic carbocycles. The van der Waals surface area contributed by atoms with E-state index in [0.29, 0.717) is 12.3 Å². The summed E-state index contributed by atoms with van der Waals surface area (Å²) < 4.78 is 5.15. The Morgan fingerprint density at radius 3 is 2.55 bits per heavy atom. The predicted molar refractivity (Wildman–Crippen MR) is 79.5 cm³/mol.